The second-order valence-corrected chi connectivity index (χ2v) is 11.5. The minimum Gasteiger partial charge on any atom is -0.356 e. The minimum absolute atomic E-state index is 0.517. The Morgan fingerprint density at radius 3 is 1.33 bits per heavy atom. The molecular weight excluding hydrogens is 544 g/mol. The van der Waals surface area contributed by atoms with Crippen molar-refractivity contribution in [3.63, 3.8) is 0 Å². The Morgan fingerprint density at radius 1 is 0.356 bits per heavy atom. The molecule has 0 unspecified atom stereocenters. The minimum atomic E-state index is -0.517. The number of hydrogen-bond donors (Lipinski definition) is 1. The van der Waals surface area contributed by atoms with E-state index in [1.807, 2.05) is 6.07 Å². The molecule has 0 radical (unpaired) electrons. The van der Waals surface area contributed by atoms with E-state index >= 15 is 0 Å². The second kappa shape index (κ2) is 11.3. The van der Waals surface area contributed by atoms with Crippen LogP contribution in [-0.2, 0) is 5.41 Å². The Labute approximate surface area is 264 Å². The van der Waals surface area contributed by atoms with Gasteiger partial charge in [-0.3, -0.25) is 0 Å². The van der Waals surface area contributed by atoms with Gasteiger partial charge in [-0.25, -0.2) is 0 Å². The van der Waals surface area contributed by atoms with Gasteiger partial charge in [-0.1, -0.05) is 127 Å². The van der Waals surface area contributed by atoms with Crippen LogP contribution >= 0.6 is 0 Å². The largest absolute Gasteiger partial charge is 0.356 e. The summed E-state index contributed by atoms with van der Waals surface area (Å²) in [6.07, 6.45) is 0. The molecule has 2 heteroatoms. The van der Waals surface area contributed by atoms with Gasteiger partial charge in [0.1, 0.15) is 0 Å². The molecular formula is C43H32N2. The van der Waals surface area contributed by atoms with Crippen molar-refractivity contribution in [2.45, 2.75) is 5.41 Å². The number of anilines is 5. The number of fused-ring (bicyclic) bond motifs is 3. The van der Waals surface area contributed by atoms with Crippen LogP contribution in [0.5, 0.6) is 0 Å². The Bertz CT molecular complexity index is 1980. The lowest BCUT2D eigenvalue weighted by atomic mass is 9.67. The lowest BCUT2D eigenvalue weighted by Crippen LogP contribution is -2.28. The molecule has 0 saturated heterocycles. The summed E-state index contributed by atoms with van der Waals surface area (Å²) in [6, 6.07) is 67.5. The van der Waals surface area contributed by atoms with E-state index in [9.17, 15) is 0 Å². The van der Waals surface area contributed by atoms with Crippen LogP contribution in [0.3, 0.4) is 0 Å². The number of para-hydroxylation sites is 3. The Balaban J connectivity index is 1.40. The molecule has 0 aliphatic heterocycles. The molecule has 214 valence electrons. The first-order chi connectivity index (χ1) is 22.3. The fourth-order valence-corrected chi connectivity index (χ4v) is 6.98. The van der Waals surface area contributed by atoms with Crippen LogP contribution in [0, 0.1) is 0 Å². The Kier molecular flexibility index (Phi) is 6.73. The monoisotopic (exact) mass is 576 g/mol. The zero-order valence-corrected chi connectivity index (χ0v) is 24.8. The van der Waals surface area contributed by atoms with Gasteiger partial charge in [0.25, 0.3) is 0 Å². The van der Waals surface area contributed by atoms with Crippen molar-refractivity contribution in [2.24, 2.45) is 0 Å². The summed E-state index contributed by atoms with van der Waals surface area (Å²) in [6.45, 7) is 0. The van der Waals surface area contributed by atoms with Crippen LogP contribution in [0.25, 0.3) is 11.1 Å². The first-order valence-electron chi connectivity index (χ1n) is 15.5. The molecule has 0 spiro atoms. The van der Waals surface area contributed by atoms with Crippen molar-refractivity contribution in [3.05, 3.63) is 210 Å². The molecule has 0 atom stereocenters. The molecule has 2 nitrogen and oxygen atoms in total. The standard InChI is InChI=1S/C43H32N2/c1-6-16-32(17-7-1)43(33-18-8-2-9-19-33)41-30-35(44-34-20-10-3-11-21-34)26-28-39(41)40-29-27-38(31-42(40)43)45(36-22-12-4-13-23-36)37-24-14-5-15-25-37/h1-31,44H. The van der Waals surface area contributed by atoms with Crippen LogP contribution in [0.4, 0.5) is 28.4 Å². The Hall–Kier alpha value is -5.86. The van der Waals surface area contributed by atoms with E-state index in [0.717, 1.165) is 28.4 Å². The van der Waals surface area contributed by atoms with Crippen molar-refractivity contribution in [2.75, 3.05) is 10.2 Å². The molecule has 8 rings (SSSR count). The summed E-state index contributed by atoms with van der Waals surface area (Å²) in [7, 11) is 0. The van der Waals surface area contributed by atoms with Gasteiger partial charge in [0.15, 0.2) is 0 Å². The summed E-state index contributed by atoms with van der Waals surface area (Å²) >= 11 is 0. The Morgan fingerprint density at radius 2 is 0.800 bits per heavy atom. The van der Waals surface area contributed by atoms with Crippen molar-refractivity contribution < 1.29 is 0 Å². The van der Waals surface area contributed by atoms with Gasteiger partial charge in [-0.05, 0) is 94.0 Å². The predicted molar refractivity (Wildman–Crippen MR) is 188 cm³/mol. The molecule has 0 amide bonds. The summed E-state index contributed by atoms with van der Waals surface area (Å²) in [5.74, 6) is 0. The fraction of sp³-hybridized carbons (Fsp3) is 0.0233. The highest BCUT2D eigenvalue weighted by Crippen LogP contribution is 2.57. The quantitative estimate of drug-likeness (QED) is 0.203. The molecule has 1 aliphatic rings. The number of hydrogen-bond acceptors (Lipinski definition) is 2. The number of nitrogens with one attached hydrogen (secondary N) is 1. The lowest BCUT2D eigenvalue weighted by molar-refractivity contribution is 0.769. The fourth-order valence-electron chi connectivity index (χ4n) is 6.98. The summed E-state index contributed by atoms with van der Waals surface area (Å²) < 4.78 is 0. The van der Waals surface area contributed by atoms with Crippen molar-refractivity contribution in [1.82, 2.24) is 0 Å². The number of rotatable bonds is 7. The van der Waals surface area contributed by atoms with E-state index in [2.05, 4.69) is 192 Å². The van der Waals surface area contributed by atoms with Gasteiger partial charge < -0.3 is 10.2 Å². The highest BCUT2D eigenvalue weighted by molar-refractivity contribution is 5.90. The normalized spacial score (nSPS) is 12.6. The third kappa shape index (κ3) is 4.59. The van der Waals surface area contributed by atoms with Crippen molar-refractivity contribution in [3.8, 4) is 11.1 Å². The molecule has 0 aromatic heterocycles. The van der Waals surface area contributed by atoms with E-state index < -0.39 is 5.41 Å². The molecule has 45 heavy (non-hydrogen) atoms. The van der Waals surface area contributed by atoms with E-state index in [-0.39, 0.29) is 0 Å². The van der Waals surface area contributed by atoms with Crippen LogP contribution in [0.15, 0.2) is 188 Å². The van der Waals surface area contributed by atoms with Crippen LogP contribution in [0.2, 0.25) is 0 Å². The van der Waals surface area contributed by atoms with Crippen molar-refractivity contribution in [1.29, 1.82) is 0 Å². The molecule has 0 heterocycles. The van der Waals surface area contributed by atoms with Crippen molar-refractivity contribution >= 4 is 28.4 Å². The smallest absolute Gasteiger partial charge is 0.0715 e. The van der Waals surface area contributed by atoms with Gasteiger partial charge in [0.05, 0.1) is 5.41 Å². The van der Waals surface area contributed by atoms with Gasteiger partial charge in [0.2, 0.25) is 0 Å². The predicted octanol–water partition coefficient (Wildman–Crippen LogP) is 11.3. The van der Waals surface area contributed by atoms with Crippen LogP contribution in [-0.4, -0.2) is 0 Å². The van der Waals surface area contributed by atoms with Gasteiger partial charge in [0, 0.05) is 28.4 Å². The van der Waals surface area contributed by atoms with Crippen LogP contribution < -0.4 is 10.2 Å². The summed E-state index contributed by atoms with van der Waals surface area (Å²) in [5, 5.41) is 3.67. The zero-order valence-electron chi connectivity index (χ0n) is 24.8. The summed E-state index contributed by atoms with van der Waals surface area (Å²) in [4.78, 5) is 2.35. The summed E-state index contributed by atoms with van der Waals surface area (Å²) in [5.41, 5.74) is 12.6. The maximum Gasteiger partial charge on any atom is 0.0715 e. The maximum absolute atomic E-state index is 3.67. The average molecular weight is 577 g/mol. The average Bonchev–Trinajstić information content (AvgIpc) is 3.40. The van der Waals surface area contributed by atoms with E-state index in [1.165, 1.54) is 33.4 Å². The maximum atomic E-state index is 3.67. The topological polar surface area (TPSA) is 15.3 Å². The number of benzene rings is 7. The third-order valence-electron chi connectivity index (χ3n) is 8.88. The highest BCUT2D eigenvalue weighted by atomic mass is 15.1. The lowest BCUT2D eigenvalue weighted by Gasteiger charge is -2.35. The molecule has 0 fully saturated rings. The van der Waals surface area contributed by atoms with Crippen LogP contribution in [0.1, 0.15) is 22.3 Å². The molecule has 7 aromatic rings. The molecule has 7 aromatic carbocycles. The highest BCUT2D eigenvalue weighted by Gasteiger charge is 2.46. The van der Waals surface area contributed by atoms with E-state index in [1.54, 1.807) is 0 Å². The number of nitrogens with zero attached hydrogens (tertiary/aromatic N) is 1. The van der Waals surface area contributed by atoms with Gasteiger partial charge >= 0.3 is 0 Å². The zero-order chi connectivity index (χ0) is 30.1. The molecule has 1 aliphatic carbocycles. The van der Waals surface area contributed by atoms with E-state index in [0.29, 0.717) is 0 Å². The first-order valence-corrected chi connectivity index (χ1v) is 15.5. The third-order valence-corrected chi connectivity index (χ3v) is 8.88. The molecule has 1 N–H and O–H groups in total. The molecule has 0 saturated carbocycles. The van der Waals surface area contributed by atoms with E-state index in [4.69, 9.17) is 0 Å². The first kappa shape index (κ1) is 26.7. The van der Waals surface area contributed by atoms with Gasteiger partial charge in [-0.15, -0.1) is 0 Å². The molecule has 0 bridgehead atoms. The second-order valence-electron chi connectivity index (χ2n) is 11.5. The van der Waals surface area contributed by atoms with Gasteiger partial charge in [-0.2, -0.15) is 0 Å². The SMILES string of the molecule is c1ccc(Nc2ccc3c(c2)C(c2ccccc2)(c2ccccc2)c2cc(N(c4ccccc4)c4ccccc4)ccc2-3)cc1.